The highest BCUT2D eigenvalue weighted by molar-refractivity contribution is 6.99. The van der Waals surface area contributed by atoms with Gasteiger partial charge in [0.1, 0.15) is 0 Å². The molecule has 3 aliphatic rings. The molecule has 0 spiro atoms. The summed E-state index contributed by atoms with van der Waals surface area (Å²) in [5.41, 5.74) is 3.91. The lowest BCUT2D eigenvalue weighted by Crippen LogP contribution is -2.67. The maximum absolute atomic E-state index is 2.48. The van der Waals surface area contributed by atoms with E-state index in [0.717, 1.165) is 11.1 Å². The van der Waals surface area contributed by atoms with Gasteiger partial charge in [0.05, 0.1) is 8.07 Å². The third-order valence-electron chi connectivity index (χ3n) is 7.63. The van der Waals surface area contributed by atoms with Gasteiger partial charge in [0.2, 0.25) is 0 Å². The molecule has 0 radical (unpaired) electrons. The zero-order valence-corrected chi connectivity index (χ0v) is 15.9. The molecule has 1 aliphatic heterocycles. The number of fused-ring (bicyclic) bond motifs is 3. The zero-order valence-electron chi connectivity index (χ0n) is 14.9. The zero-order chi connectivity index (χ0) is 16.0. The van der Waals surface area contributed by atoms with E-state index >= 15 is 0 Å². The Labute approximate surface area is 147 Å². The second-order valence-electron chi connectivity index (χ2n) is 8.71. The van der Waals surface area contributed by atoms with Crippen LogP contribution in [0.1, 0.15) is 69.8 Å². The fraction of sp³-hybridized carbons (Fsp3) is 0.565. The molecule has 0 atom stereocenters. The molecule has 2 saturated carbocycles. The standard InChI is InChI=1S/C23H30Si/c1-3-10-20(11-4-1)24(21-12-5-2-6-13-21)17-19-16-15-18-9-7-8-14-22(18)23(19)24/h7-9,14-16,20-21H,1-6,10-13,17H2. The summed E-state index contributed by atoms with van der Waals surface area (Å²) in [6.07, 6.45) is 15.2. The molecule has 24 heavy (non-hydrogen) atoms. The van der Waals surface area contributed by atoms with E-state index < -0.39 is 8.07 Å². The summed E-state index contributed by atoms with van der Waals surface area (Å²) in [4.78, 5) is 0. The van der Waals surface area contributed by atoms with Gasteiger partial charge in [-0.3, -0.25) is 0 Å². The fourth-order valence-electron chi connectivity index (χ4n) is 6.58. The van der Waals surface area contributed by atoms with Gasteiger partial charge in [-0.2, -0.15) is 0 Å². The molecule has 0 N–H and O–H groups in total. The summed E-state index contributed by atoms with van der Waals surface area (Å²) >= 11 is 0. The molecular weight excluding hydrogens is 304 g/mol. The second-order valence-corrected chi connectivity index (χ2v) is 13.3. The molecule has 2 aromatic rings. The summed E-state index contributed by atoms with van der Waals surface area (Å²) < 4.78 is 0. The van der Waals surface area contributed by atoms with Crippen LogP contribution in [0.15, 0.2) is 36.4 Å². The van der Waals surface area contributed by atoms with Gasteiger partial charge < -0.3 is 0 Å². The first-order valence-electron chi connectivity index (χ1n) is 10.4. The largest absolute Gasteiger partial charge is 0.0982 e. The Morgan fingerprint density at radius 2 is 1.29 bits per heavy atom. The Hall–Kier alpha value is -1.08. The van der Waals surface area contributed by atoms with Crippen LogP contribution in [0, 0.1) is 0 Å². The van der Waals surface area contributed by atoms with Crippen molar-refractivity contribution in [1.29, 1.82) is 0 Å². The van der Waals surface area contributed by atoms with Gasteiger partial charge in [0.25, 0.3) is 0 Å². The lowest BCUT2D eigenvalue weighted by atomic mass is 9.99. The molecule has 5 rings (SSSR count). The molecule has 2 aliphatic carbocycles. The van der Waals surface area contributed by atoms with Crippen LogP contribution in [-0.4, -0.2) is 8.07 Å². The molecule has 0 aromatic heterocycles. The number of hydrogen-bond acceptors (Lipinski definition) is 0. The van der Waals surface area contributed by atoms with Crippen LogP contribution >= 0.6 is 0 Å². The van der Waals surface area contributed by atoms with Crippen molar-refractivity contribution >= 4 is 24.0 Å². The molecule has 1 heterocycles. The van der Waals surface area contributed by atoms with Crippen molar-refractivity contribution in [1.82, 2.24) is 0 Å². The van der Waals surface area contributed by atoms with Crippen LogP contribution in [0.4, 0.5) is 0 Å². The summed E-state index contributed by atoms with van der Waals surface area (Å²) in [6.45, 7) is 0. The molecule has 0 nitrogen and oxygen atoms in total. The van der Waals surface area contributed by atoms with E-state index in [0.29, 0.717) is 0 Å². The van der Waals surface area contributed by atoms with Gasteiger partial charge in [0, 0.05) is 0 Å². The lowest BCUT2D eigenvalue weighted by molar-refractivity contribution is 0.451. The van der Waals surface area contributed by atoms with Gasteiger partial charge in [-0.1, -0.05) is 106 Å². The van der Waals surface area contributed by atoms with E-state index in [1.807, 2.05) is 5.19 Å². The van der Waals surface area contributed by atoms with Crippen molar-refractivity contribution < 1.29 is 0 Å². The lowest BCUT2D eigenvalue weighted by Gasteiger charge is -2.55. The first-order chi connectivity index (χ1) is 11.9. The van der Waals surface area contributed by atoms with E-state index in [9.17, 15) is 0 Å². The molecule has 0 saturated heterocycles. The van der Waals surface area contributed by atoms with Crippen molar-refractivity contribution in [3.63, 3.8) is 0 Å². The molecule has 2 aromatic carbocycles. The Balaban J connectivity index is 1.67. The Morgan fingerprint density at radius 3 is 1.96 bits per heavy atom. The van der Waals surface area contributed by atoms with Crippen LogP contribution in [0.25, 0.3) is 10.8 Å². The first-order valence-corrected chi connectivity index (χ1v) is 12.8. The normalized spacial score (nSPS) is 24.5. The van der Waals surface area contributed by atoms with E-state index in [1.165, 1.54) is 50.0 Å². The average Bonchev–Trinajstić information content (AvgIpc) is 2.64. The number of rotatable bonds is 2. The van der Waals surface area contributed by atoms with Crippen molar-refractivity contribution in [2.45, 2.75) is 81.3 Å². The summed E-state index contributed by atoms with van der Waals surface area (Å²) in [6, 6.07) is 15.7. The number of benzene rings is 2. The third-order valence-corrected chi connectivity index (χ3v) is 14.2. The third kappa shape index (κ3) is 2.16. The number of hydrogen-bond donors (Lipinski definition) is 0. The van der Waals surface area contributed by atoms with Crippen molar-refractivity contribution in [2.24, 2.45) is 0 Å². The molecule has 2 fully saturated rings. The predicted molar refractivity (Wildman–Crippen MR) is 107 cm³/mol. The molecule has 0 unspecified atom stereocenters. The predicted octanol–water partition coefficient (Wildman–Crippen LogP) is 6.26. The van der Waals surface area contributed by atoms with E-state index in [4.69, 9.17) is 0 Å². The minimum absolute atomic E-state index is 1.09. The average molecular weight is 335 g/mol. The monoisotopic (exact) mass is 334 g/mol. The Morgan fingerprint density at radius 1 is 0.667 bits per heavy atom. The molecule has 0 bridgehead atoms. The Bertz CT molecular complexity index is 717. The van der Waals surface area contributed by atoms with E-state index in [-0.39, 0.29) is 0 Å². The van der Waals surface area contributed by atoms with Gasteiger partial charge in [-0.05, 0) is 33.1 Å². The van der Waals surface area contributed by atoms with E-state index in [2.05, 4.69) is 36.4 Å². The van der Waals surface area contributed by atoms with Crippen LogP contribution in [0.3, 0.4) is 0 Å². The van der Waals surface area contributed by atoms with Crippen LogP contribution in [0.2, 0.25) is 11.1 Å². The van der Waals surface area contributed by atoms with Gasteiger partial charge in [0.15, 0.2) is 0 Å². The maximum Gasteiger partial charge on any atom is 0.0982 e. The SMILES string of the molecule is c1ccc2c3c(ccc2c1)C[Si]3(C1CCCCC1)C1CCCCC1. The fourth-order valence-corrected chi connectivity index (χ4v) is 13.8. The van der Waals surface area contributed by atoms with Crippen LogP contribution in [-0.2, 0) is 6.04 Å². The van der Waals surface area contributed by atoms with Gasteiger partial charge >= 0.3 is 0 Å². The molecule has 126 valence electrons. The smallest absolute Gasteiger partial charge is 0.0616 e. The first kappa shape index (κ1) is 15.2. The van der Waals surface area contributed by atoms with Crippen molar-refractivity contribution in [3.05, 3.63) is 42.0 Å². The highest BCUT2D eigenvalue weighted by Gasteiger charge is 2.55. The highest BCUT2D eigenvalue weighted by atomic mass is 28.3. The second kappa shape index (κ2) is 6.02. The minimum Gasteiger partial charge on any atom is -0.0616 e. The van der Waals surface area contributed by atoms with Crippen molar-refractivity contribution in [3.8, 4) is 0 Å². The topological polar surface area (TPSA) is 0 Å². The van der Waals surface area contributed by atoms with Crippen LogP contribution < -0.4 is 5.19 Å². The molecule has 1 heteroatoms. The van der Waals surface area contributed by atoms with E-state index in [1.54, 1.807) is 36.6 Å². The maximum atomic E-state index is 2.48. The molecule has 0 amide bonds. The summed E-state index contributed by atoms with van der Waals surface area (Å²) in [5, 5.41) is 5.07. The summed E-state index contributed by atoms with van der Waals surface area (Å²) in [5.74, 6) is 0. The summed E-state index contributed by atoms with van der Waals surface area (Å²) in [7, 11) is -1.33. The van der Waals surface area contributed by atoms with Gasteiger partial charge in [-0.15, -0.1) is 0 Å². The van der Waals surface area contributed by atoms with Crippen LogP contribution in [0.5, 0.6) is 0 Å². The quantitative estimate of drug-likeness (QED) is 0.569. The van der Waals surface area contributed by atoms with Gasteiger partial charge in [-0.25, -0.2) is 0 Å². The van der Waals surface area contributed by atoms with Crippen molar-refractivity contribution in [2.75, 3.05) is 0 Å². The highest BCUT2D eigenvalue weighted by Crippen LogP contribution is 2.53. The molecular formula is C23H30Si. The minimum atomic E-state index is -1.33. The Kier molecular flexibility index (Phi) is 3.81.